The van der Waals surface area contributed by atoms with E-state index in [-0.39, 0.29) is 5.52 Å². The third kappa shape index (κ3) is 3.52. The predicted molar refractivity (Wildman–Crippen MR) is 109 cm³/mol. The van der Waals surface area contributed by atoms with E-state index in [4.69, 9.17) is 0 Å². The molecule has 3 rings (SSSR count). The summed E-state index contributed by atoms with van der Waals surface area (Å²) in [6, 6.07) is 19.5. The molecule has 0 aliphatic carbocycles. The van der Waals surface area contributed by atoms with Crippen LogP contribution in [-0.2, 0) is 4.57 Å². The lowest BCUT2D eigenvalue weighted by molar-refractivity contribution is 0.107. The van der Waals surface area contributed by atoms with E-state index in [1.54, 1.807) is 6.07 Å². The summed E-state index contributed by atoms with van der Waals surface area (Å²) in [6.45, 7) is 7.84. The topological polar surface area (TPSA) is 34.1 Å². The van der Waals surface area contributed by atoms with Gasteiger partial charge in [-0.1, -0.05) is 64.2 Å². The fraction of sp³-hybridized carbons (Fsp3) is 0.174. The summed E-state index contributed by atoms with van der Waals surface area (Å²) in [5.41, 5.74) is 6.13. The molecule has 0 heterocycles. The van der Waals surface area contributed by atoms with Gasteiger partial charge < -0.3 is 0 Å². The Kier molecular flexibility index (Phi) is 5.15. The van der Waals surface area contributed by atoms with Gasteiger partial charge in [0.2, 0.25) is 5.30 Å². The monoisotopic (exact) mass is 361 g/mol. The predicted octanol–water partition coefficient (Wildman–Crippen LogP) is 5.88. The average molecular weight is 361 g/mol. The molecule has 0 spiro atoms. The zero-order valence-corrected chi connectivity index (χ0v) is 16.4. The number of aryl methyl sites for hydroxylation is 4. The van der Waals surface area contributed by atoms with Crippen molar-refractivity contribution in [2.45, 2.75) is 27.7 Å². The first-order chi connectivity index (χ1) is 12.4. The number of benzene rings is 3. The van der Waals surface area contributed by atoms with Gasteiger partial charge in [-0.15, -0.1) is 0 Å². The van der Waals surface area contributed by atoms with Crippen LogP contribution in [0.5, 0.6) is 0 Å². The molecule has 3 aromatic carbocycles. The van der Waals surface area contributed by atoms with E-state index in [9.17, 15) is 9.36 Å². The first kappa shape index (κ1) is 18.2. The summed E-state index contributed by atoms with van der Waals surface area (Å²) in [4.78, 5) is 13.1. The van der Waals surface area contributed by atoms with E-state index in [1.165, 1.54) is 0 Å². The molecule has 0 aromatic heterocycles. The molecule has 0 amide bonds. The zero-order valence-electron chi connectivity index (χ0n) is 15.5. The fourth-order valence-electron chi connectivity index (χ4n) is 3.36. The lowest BCUT2D eigenvalue weighted by Gasteiger charge is -2.06. The van der Waals surface area contributed by atoms with E-state index < -0.39 is 7.80 Å². The van der Waals surface area contributed by atoms with E-state index in [2.05, 4.69) is 0 Å². The summed E-state index contributed by atoms with van der Waals surface area (Å²) in [5.74, 6) is 0. The molecule has 0 fully saturated rings. The average Bonchev–Trinajstić information content (AvgIpc) is 2.61. The molecule has 130 valence electrons. The second-order valence-corrected chi connectivity index (χ2v) is 8.23. The maximum absolute atomic E-state index is 13.2. The van der Waals surface area contributed by atoms with Gasteiger partial charge in [-0.3, -0.25) is 0 Å². The molecule has 0 radical (unpaired) electrons. The summed E-state index contributed by atoms with van der Waals surface area (Å²) >= 11 is 0. The van der Waals surface area contributed by atoms with Gasteiger partial charge >= 0.3 is 13.3 Å². The van der Waals surface area contributed by atoms with Gasteiger partial charge in [-0.2, -0.15) is 0 Å². The van der Waals surface area contributed by atoms with Crippen LogP contribution >= 0.6 is 7.80 Å². The third-order valence-electron chi connectivity index (χ3n) is 4.56. The summed E-state index contributed by atoms with van der Waals surface area (Å²) < 4.78 is 13.2. The van der Waals surface area contributed by atoms with E-state index in [0.29, 0.717) is 10.9 Å². The van der Waals surface area contributed by atoms with Crippen LogP contribution in [0.1, 0.15) is 32.6 Å². The van der Waals surface area contributed by atoms with E-state index in [0.717, 1.165) is 33.4 Å². The number of hydrogen-bond acceptors (Lipinski definition) is 2. The number of hydrogen-bond donors (Lipinski definition) is 0. The number of carbonyl (C=O) groups is 1. The Morgan fingerprint density at radius 1 is 0.769 bits per heavy atom. The maximum Gasteiger partial charge on any atom is 0.459 e. The van der Waals surface area contributed by atoms with Crippen molar-refractivity contribution in [3.63, 3.8) is 0 Å². The smallest absolute Gasteiger partial charge is 0.234 e. The van der Waals surface area contributed by atoms with Gasteiger partial charge in [0, 0.05) is 5.56 Å². The Bertz CT molecular complexity index is 978. The van der Waals surface area contributed by atoms with Crippen LogP contribution in [0.2, 0.25) is 0 Å². The maximum atomic E-state index is 13.2. The van der Waals surface area contributed by atoms with Crippen LogP contribution in [-0.4, -0.2) is 5.52 Å². The molecule has 0 aliphatic heterocycles. The molecule has 0 N–H and O–H groups in total. The lowest BCUT2D eigenvalue weighted by Crippen LogP contribution is -2.10. The standard InChI is InChI=1S/C23H22O2P/c1-15-9-11-19(12-10-15)20-7-5-6-8-21(20)26(25)23(24)22-17(3)13-16(2)14-18(22)4/h5-14H,1-4H3/q+1. The first-order valence-electron chi connectivity index (χ1n) is 8.64. The van der Waals surface area contributed by atoms with Crippen molar-refractivity contribution < 1.29 is 9.36 Å². The number of carbonyl (C=O) groups excluding carboxylic acids is 1. The van der Waals surface area contributed by atoms with Gasteiger partial charge in [0.05, 0.1) is 5.56 Å². The van der Waals surface area contributed by atoms with Crippen molar-refractivity contribution in [3.8, 4) is 11.1 Å². The molecule has 0 saturated carbocycles. The normalized spacial score (nSPS) is 11.3. The molecule has 1 atom stereocenters. The Balaban J connectivity index is 2.07. The minimum absolute atomic E-state index is 0.297. The molecular formula is C23H22O2P+. The molecule has 0 saturated heterocycles. The SMILES string of the molecule is Cc1ccc(-c2ccccc2[P+](=O)C(=O)c2c(C)cc(C)cc2C)cc1. The highest BCUT2D eigenvalue weighted by molar-refractivity contribution is 7.71. The highest BCUT2D eigenvalue weighted by atomic mass is 31.1. The van der Waals surface area contributed by atoms with Crippen molar-refractivity contribution in [3.05, 3.63) is 88.5 Å². The lowest BCUT2D eigenvalue weighted by atomic mass is 10.0. The quantitative estimate of drug-likeness (QED) is 0.544. The van der Waals surface area contributed by atoms with Gasteiger partial charge in [0.25, 0.3) is 0 Å². The van der Waals surface area contributed by atoms with Crippen LogP contribution < -0.4 is 5.30 Å². The highest BCUT2D eigenvalue weighted by Gasteiger charge is 2.37. The Hall–Kier alpha value is -2.57. The largest absolute Gasteiger partial charge is 0.459 e. The van der Waals surface area contributed by atoms with Crippen molar-refractivity contribution in [1.29, 1.82) is 0 Å². The molecule has 0 aliphatic rings. The van der Waals surface area contributed by atoms with Gasteiger partial charge in [-0.05, 0) is 56.5 Å². The summed E-state index contributed by atoms with van der Waals surface area (Å²) in [7, 11) is -2.20. The van der Waals surface area contributed by atoms with Crippen molar-refractivity contribution in [1.82, 2.24) is 0 Å². The van der Waals surface area contributed by atoms with Crippen LogP contribution in [0.15, 0.2) is 60.7 Å². The molecular weight excluding hydrogens is 339 g/mol. The van der Waals surface area contributed by atoms with Gasteiger partial charge in [0.1, 0.15) is 0 Å². The molecule has 2 nitrogen and oxygen atoms in total. The fourth-order valence-corrected chi connectivity index (χ4v) is 4.77. The Labute approximate surface area is 155 Å². The van der Waals surface area contributed by atoms with Crippen molar-refractivity contribution in [2.75, 3.05) is 0 Å². The van der Waals surface area contributed by atoms with Gasteiger partial charge in [0.15, 0.2) is 0 Å². The highest BCUT2D eigenvalue weighted by Crippen LogP contribution is 2.34. The number of rotatable bonds is 4. The summed E-state index contributed by atoms with van der Waals surface area (Å²) in [6.07, 6.45) is 0. The van der Waals surface area contributed by atoms with Crippen molar-refractivity contribution >= 4 is 18.6 Å². The second-order valence-electron chi connectivity index (χ2n) is 6.76. The minimum Gasteiger partial charge on any atom is -0.234 e. The summed E-state index contributed by atoms with van der Waals surface area (Å²) in [5, 5.41) is 0.593. The third-order valence-corrected chi connectivity index (χ3v) is 5.98. The van der Waals surface area contributed by atoms with E-state index >= 15 is 0 Å². The molecule has 3 aromatic rings. The Morgan fingerprint density at radius 3 is 1.96 bits per heavy atom. The molecule has 0 bridgehead atoms. The Morgan fingerprint density at radius 2 is 1.35 bits per heavy atom. The molecule has 26 heavy (non-hydrogen) atoms. The van der Waals surface area contributed by atoms with Crippen LogP contribution in [0.4, 0.5) is 0 Å². The van der Waals surface area contributed by atoms with Crippen molar-refractivity contribution in [2.24, 2.45) is 0 Å². The van der Waals surface area contributed by atoms with Crippen LogP contribution in [0, 0.1) is 27.7 Å². The zero-order chi connectivity index (χ0) is 18.8. The molecule has 1 unspecified atom stereocenters. The van der Waals surface area contributed by atoms with Crippen LogP contribution in [0.25, 0.3) is 11.1 Å². The second kappa shape index (κ2) is 7.35. The minimum atomic E-state index is -2.20. The van der Waals surface area contributed by atoms with Crippen LogP contribution in [0.3, 0.4) is 0 Å². The van der Waals surface area contributed by atoms with Gasteiger partial charge in [-0.25, -0.2) is 4.79 Å². The molecule has 3 heteroatoms. The first-order valence-corrected chi connectivity index (χ1v) is 9.90. The van der Waals surface area contributed by atoms with E-state index in [1.807, 2.05) is 82.3 Å².